The molecule has 0 aliphatic carbocycles. The minimum absolute atomic E-state index is 0.0471. The number of rotatable bonds is 2. The van der Waals surface area contributed by atoms with E-state index >= 15 is 0 Å². The average Bonchev–Trinajstić information content (AvgIpc) is 3.31. The molecule has 27 heavy (non-hydrogen) atoms. The molecule has 1 aromatic heterocycles. The van der Waals surface area contributed by atoms with Crippen LogP contribution in [0.5, 0.6) is 0 Å². The number of benzene rings is 1. The molecular weight excluding hydrogens is 344 g/mol. The minimum atomic E-state index is -0.717. The molecule has 0 bridgehead atoms. The van der Waals surface area contributed by atoms with Gasteiger partial charge in [-0.3, -0.25) is 14.6 Å². The molecule has 3 atom stereocenters. The highest BCUT2D eigenvalue weighted by Crippen LogP contribution is 2.50. The van der Waals surface area contributed by atoms with E-state index in [1.54, 1.807) is 11.1 Å². The molecule has 0 N–H and O–H groups in total. The summed E-state index contributed by atoms with van der Waals surface area (Å²) in [6, 6.07) is 9.66. The van der Waals surface area contributed by atoms with Gasteiger partial charge in [-0.15, -0.1) is 0 Å². The summed E-state index contributed by atoms with van der Waals surface area (Å²) >= 11 is 0. The maximum atomic E-state index is 13.0. The Morgan fingerprint density at radius 2 is 2.04 bits per heavy atom. The van der Waals surface area contributed by atoms with E-state index in [1.165, 1.54) is 6.20 Å². The molecule has 2 amide bonds. The molecule has 7 nitrogen and oxygen atoms in total. The van der Waals surface area contributed by atoms with Crippen molar-refractivity contribution in [2.45, 2.75) is 37.6 Å². The Kier molecular flexibility index (Phi) is 3.55. The van der Waals surface area contributed by atoms with Crippen LogP contribution in [-0.2, 0) is 9.53 Å². The molecule has 3 aliphatic rings. The van der Waals surface area contributed by atoms with Gasteiger partial charge in [-0.1, -0.05) is 30.3 Å². The number of aryl methyl sites for hydroxylation is 1. The van der Waals surface area contributed by atoms with Gasteiger partial charge in [-0.05, 0) is 12.5 Å². The second kappa shape index (κ2) is 5.85. The average molecular weight is 364 g/mol. The van der Waals surface area contributed by atoms with Gasteiger partial charge in [0.2, 0.25) is 5.91 Å². The van der Waals surface area contributed by atoms with E-state index in [-0.39, 0.29) is 24.0 Å². The molecule has 3 aliphatic heterocycles. The Morgan fingerprint density at radius 3 is 2.78 bits per heavy atom. The van der Waals surface area contributed by atoms with Crippen LogP contribution in [0, 0.1) is 6.92 Å². The van der Waals surface area contributed by atoms with Crippen molar-refractivity contribution in [3.8, 4) is 0 Å². The molecule has 138 valence electrons. The van der Waals surface area contributed by atoms with Crippen LogP contribution in [0.25, 0.3) is 0 Å². The van der Waals surface area contributed by atoms with Gasteiger partial charge in [0.05, 0.1) is 30.9 Å². The van der Waals surface area contributed by atoms with E-state index in [0.29, 0.717) is 31.6 Å². The number of hydrogen-bond acceptors (Lipinski definition) is 5. The van der Waals surface area contributed by atoms with Crippen LogP contribution < -0.4 is 0 Å². The van der Waals surface area contributed by atoms with Crippen LogP contribution in [0.4, 0.5) is 0 Å². The molecule has 1 spiro atoms. The summed E-state index contributed by atoms with van der Waals surface area (Å²) in [5.41, 5.74) is 1.41. The monoisotopic (exact) mass is 364 g/mol. The molecule has 3 saturated heterocycles. The Labute approximate surface area is 157 Å². The van der Waals surface area contributed by atoms with Crippen molar-refractivity contribution in [2.75, 3.05) is 13.1 Å². The smallest absolute Gasteiger partial charge is 0.274 e. The minimum Gasteiger partial charge on any atom is -0.343 e. The number of aromatic nitrogens is 2. The third-order valence-electron chi connectivity index (χ3n) is 5.86. The van der Waals surface area contributed by atoms with Gasteiger partial charge in [0.15, 0.2) is 5.72 Å². The fraction of sp³-hybridized carbons (Fsp3) is 0.400. The Hall–Kier alpha value is -2.80. The van der Waals surface area contributed by atoms with E-state index in [4.69, 9.17) is 4.74 Å². The van der Waals surface area contributed by atoms with E-state index < -0.39 is 5.72 Å². The highest BCUT2D eigenvalue weighted by molar-refractivity contribution is 5.94. The number of hydrogen-bond donors (Lipinski definition) is 0. The van der Waals surface area contributed by atoms with Crippen LogP contribution in [-0.4, -0.2) is 56.4 Å². The number of carbonyl (C=O) groups excluding carboxylic acids is 2. The number of likely N-dealkylation sites (tertiary alicyclic amines) is 1. The zero-order valence-corrected chi connectivity index (χ0v) is 15.0. The van der Waals surface area contributed by atoms with Gasteiger partial charge < -0.3 is 14.5 Å². The second-order valence-corrected chi connectivity index (χ2v) is 7.38. The summed E-state index contributed by atoms with van der Waals surface area (Å²) in [5.74, 6) is -0.142. The molecule has 4 heterocycles. The summed E-state index contributed by atoms with van der Waals surface area (Å²) in [6.07, 6.45) is 3.85. The lowest BCUT2D eigenvalue weighted by atomic mass is 10.1. The molecule has 5 rings (SSSR count). The summed E-state index contributed by atoms with van der Waals surface area (Å²) < 4.78 is 6.46. The van der Waals surface area contributed by atoms with Gasteiger partial charge in [0.1, 0.15) is 11.8 Å². The third-order valence-corrected chi connectivity index (χ3v) is 5.86. The van der Waals surface area contributed by atoms with Crippen LogP contribution in [0.1, 0.15) is 40.7 Å². The van der Waals surface area contributed by atoms with Gasteiger partial charge in [-0.2, -0.15) is 0 Å². The standard InChI is InChI=1S/C20H20N4O3/c1-13-10-22-15(11-21-13)19(26)23-8-7-20-17(23)9-18(25)24(20)12-16(27-20)14-5-3-2-4-6-14/h2-6,10-11,16-17H,7-9,12H2,1H3/t16-,17-,20+/m1/s1. The Bertz CT molecular complexity index is 901. The van der Waals surface area contributed by atoms with Crippen molar-refractivity contribution in [1.29, 1.82) is 0 Å². The van der Waals surface area contributed by atoms with E-state index in [1.807, 2.05) is 42.2 Å². The lowest BCUT2D eigenvalue weighted by molar-refractivity contribution is -0.138. The highest BCUT2D eigenvalue weighted by atomic mass is 16.5. The van der Waals surface area contributed by atoms with Crippen molar-refractivity contribution in [1.82, 2.24) is 19.8 Å². The number of amides is 2. The van der Waals surface area contributed by atoms with Crippen molar-refractivity contribution in [3.63, 3.8) is 0 Å². The lowest BCUT2D eigenvalue weighted by Gasteiger charge is -2.31. The number of ether oxygens (including phenoxy) is 1. The fourth-order valence-corrected chi connectivity index (χ4v) is 4.56. The molecule has 0 radical (unpaired) electrons. The topological polar surface area (TPSA) is 75.6 Å². The molecule has 2 aromatic rings. The van der Waals surface area contributed by atoms with Crippen LogP contribution in [0.15, 0.2) is 42.7 Å². The molecule has 0 saturated carbocycles. The predicted molar refractivity (Wildman–Crippen MR) is 95.5 cm³/mol. The van der Waals surface area contributed by atoms with Crippen LogP contribution >= 0.6 is 0 Å². The summed E-state index contributed by atoms with van der Waals surface area (Å²) in [7, 11) is 0. The maximum Gasteiger partial charge on any atom is 0.274 e. The molecule has 3 fully saturated rings. The third kappa shape index (κ3) is 2.38. The zero-order chi connectivity index (χ0) is 18.6. The first-order valence-electron chi connectivity index (χ1n) is 9.21. The highest BCUT2D eigenvalue weighted by Gasteiger charge is 2.65. The van der Waals surface area contributed by atoms with Crippen LogP contribution in [0.3, 0.4) is 0 Å². The lowest BCUT2D eigenvalue weighted by Crippen LogP contribution is -2.48. The number of carbonyl (C=O) groups is 2. The fourth-order valence-electron chi connectivity index (χ4n) is 4.56. The quantitative estimate of drug-likeness (QED) is 0.811. The van der Waals surface area contributed by atoms with Crippen molar-refractivity contribution in [2.24, 2.45) is 0 Å². The Balaban J connectivity index is 1.44. The van der Waals surface area contributed by atoms with Gasteiger partial charge in [-0.25, -0.2) is 4.98 Å². The first kappa shape index (κ1) is 16.4. The van der Waals surface area contributed by atoms with E-state index in [9.17, 15) is 9.59 Å². The SMILES string of the molecule is Cc1cnc(C(=O)N2CC[C@@]34O[C@@H](c5ccccc5)CN3C(=O)C[C@@H]24)cn1. The van der Waals surface area contributed by atoms with Crippen LogP contribution in [0.2, 0.25) is 0 Å². The normalized spacial score (nSPS) is 29.1. The number of nitrogens with zero attached hydrogens (tertiary/aromatic N) is 4. The molecule has 7 heteroatoms. The second-order valence-electron chi connectivity index (χ2n) is 7.38. The van der Waals surface area contributed by atoms with Gasteiger partial charge >= 0.3 is 0 Å². The molecular formula is C20H20N4O3. The maximum absolute atomic E-state index is 13.0. The van der Waals surface area contributed by atoms with E-state index in [2.05, 4.69) is 9.97 Å². The largest absolute Gasteiger partial charge is 0.343 e. The zero-order valence-electron chi connectivity index (χ0n) is 15.0. The first-order valence-corrected chi connectivity index (χ1v) is 9.21. The van der Waals surface area contributed by atoms with E-state index in [0.717, 1.165) is 11.3 Å². The summed E-state index contributed by atoms with van der Waals surface area (Å²) in [4.78, 5) is 37.6. The Morgan fingerprint density at radius 1 is 1.22 bits per heavy atom. The molecule has 1 aromatic carbocycles. The summed E-state index contributed by atoms with van der Waals surface area (Å²) in [5, 5.41) is 0. The summed E-state index contributed by atoms with van der Waals surface area (Å²) in [6.45, 7) is 2.91. The van der Waals surface area contributed by atoms with Crippen molar-refractivity contribution < 1.29 is 14.3 Å². The van der Waals surface area contributed by atoms with Crippen molar-refractivity contribution >= 4 is 11.8 Å². The first-order chi connectivity index (χ1) is 13.1. The van der Waals surface area contributed by atoms with Gasteiger partial charge in [0.25, 0.3) is 5.91 Å². The predicted octanol–water partition coefficient (Wildman–Crippen LogP) is 1.70. The van der Waals surface area contributed by atoms with Crippen molar-refractivity contribution in [3.05, 3.63) is 59.7 Å². The van der Waals surface area contributed by atoms with Gasteiger partial charge in [0, 0.05) is 19.2 Å². The molecule has 0 unspecified atom stereocenters.